The number of hydrogen-bond acceptors (Lipinski definition) is 5. The van der Waals surface area contributed by atoms with Crippen LogP contribution >= 0.6 is 23.2 Å². The number of nitrogens with one attached hydrogen (secondary N) is 3. The van der Waals surface area contributed by atoms with Crippen LogP contribution < -0.4 is 10.6 Å². The van der Waals surface area contributed by atoms with Gasteiger partial charge in [-0.3, -0.25) is 24.8 Å². The van der Waals surface area contributed by atoms with E-state index in [4.69, 9.17) is 27.9 Å². The Kier molecular flexibility index (Phi) is 6.53. The van der Waals surface area contributed by atoms with Crippen LogP contribution in [0.1, 0.15) is 48.3 Å². The largest absolute Gasteiger partial charge is 0.381 e. The molecule has 0 aliphatic carbocycles. The van der Waals surface area contributed by atoms with E-state index >= 15 is 0 Å². The first-order chi connectivity index (χ1) is 16.9. The van der Waals surface area contributed by atoms with Crippen molar-refractivity contribution in [1.82, 2.24) is 20.8 Å². The lowest BCUT2D eigenvalue weighted by Gasteiger charge is -2.36. The van der Waals surface area contributed by atoms with Crippen LogP contribution in [0.4, 0.5) is 0 Å². The number of imide groups is 1. The van der Waals surface area contributed by atoms with Gasteiger partial charge in [-0.25, -0.2) is 0 Å². The molecule has 3 aromatic rings. The molecule has 10 heteroatoms. The van der Waals surface area contributed by atoms with Gasteiger partial charge in [-0.05, 0) is 48.6 Å². The van der Waals surface area contributed by atoms with Gasteiger partial charge in [0.25, 0.3) is 0 Å². The molecule has 1 unspecified atom stereocenters. The third-order valence-electron chi connectivity index (χ3n) is 6.96. The number of aromatic nitrogens is 2. The molecular formula is C25H24Cl2N4O4. The number of H-pyrrole nitrogens is 1. The van der Waals surface area contributed by atoms with Gasteiger partial charge >= 0.3 is 0 Å². The van der Waals surface area contributed by atoms with Crippen molar-refractivity contribution < 1.29 is 19.1 Å². The van der Waals surface area contributed by atoms with Gasteiger partial charge in [0.2, 0.25) is 17.7 Å². The standard InChI is InChI=1S/C25H24Cl2N4O4/c26-18-9-14(10-19(27)22(18)17-3-4-21(32)30-23(17)33)12-28-24(34)25(5-7-35-8-6-25)16-2-1-15-13-29-31-20(15)11-16/h1-2,9-11,13,17H,3-8,12H2,(H,28,34)(H,29,31)(H,30,32,33). The first kappa shape index (κ1) is 23.8. The van der Waals surface area contributed by atoms with Crippen LogP contribution in [-0.4, -0.2) is 41.1 Å². The summed E-state index contributed by atoms with van der Waals surface area (Å²) in [6.07, 6.45) is 3.47. The monoisotopic (exact) mass is 514 g/mol. The third kappa shape index (κ3) is 4.53. The molecule has 3 N–H and O–H groups in total. The van der Waals surface area contributed by atoms with Crippen LogP contribution in [-0.2, 0) is 31.1 Å². The molecule has 0 spiro atoms. The molecule has 2 aliphatic heterocycles. The smallest absolute Gasteiger partial charge is 0.234 e. The zero-order valence-electron chi connectivity index (χ0n) is 18.8. The Morgan fingerprint density at radius 1 is 1.14 bits per heavy atom. The van der Waals surface area contributed by atoms with Crippen molar-refractivity contribution in [2.24, 2.45) is 0 Å². The van der Waals surface area contributed by atoms with Crippen molar-refractivity contribution in [3.05, 3.63) is 63.3 Å². The summed E-state index contributed by atoms with van der Waals surface area (Å²) in [5.74, 6) is -1.38. The number of fused-ring (bicyclic) bond motifs is 1. The summed E-state index contributed by atoms with van der Waals surface area (Å²) >= 11 is 13.0. The van der Waals surface area contributed by atoms with Crippen LogP contribution in [0.15, 0.2) is 36.5 Å². The van der Waals surface area contributed by atoms with Gasteiger partial charge in [0, 0.05) is 47.2 Å². The Morgan fingerprint density at radius 3 is 2.60 bits per heavy atom. The lowest BCUT2D eigenvalue weighted by molar-refractivity contribution is -0.134. The summed E-state index contributed by atoms with van der Waals surface area (Å²) in [4.78, 5) is 37.4. The molecule has 3 amide bonds. The highest BCUT2D eigenvalue weighted by Crippen LogP contribution is 2.38. The van der Waals surface area contributed by atoms with Crippen molar-refractivity contribution in [2.45, 2.75) is 43.6 Å². The maximum Gasteiger partial charge on any atom is 0.234 e. The number of piperidine rings is 1. The number of aromatic amines is 1. The van der Waals surface area contributed by atoms with Crippen LogP contribution in [0.5, 0.6) is 0 Å². The Balaban J connectivity index is 1.36. The molecule has 2 saturated heterocycles. The van der Waals surface area contributed by atoms with Crippen LogP contribution in [0.3, 0.4) is 0 Å². The maximum absolute atomic E-state index is 13.6. The molecule has 3 heterocycles. The Bertz CT molecular complexity index is 1290. The zero-order valence-corrected chi connectivity index (χ0v) is 20.3. The number of amides is 3. The van der Waals surface area contributed by atoms with Gasteiger partial charge in [-0.15, -0.1) is 0 Å². The van der Waals surface area contributed by atoms with Crippen LogP contribution in [0.2, 0.25) is 10.0 Å². The number of carbonyl (C=O) groups is 3. The molecule has 0 bridgehead atoms. The average molecular weight is 515 g/mol. The van der Waals surface area contributed by atoms with E-state index < -0.39 is 17.2 Å². The van der Waals surface area contributed by atoms with E-state index in [1.165, 1.54) is 0 Å². The highest BCUT2D eigenvalue weighted by molar-refractivity contribution is 6.36. The van der Waals surface area contributed by atoms with Gasteiger partial charge in [-0.2, -0.15) is 5.10 Å². The van der Waals surface area contributed by atoms with E-state index in [0.717, 1.165) is 22.0 Å². The molecule has 1 aromatic heterocycles. The van der Waals surface area contributed by atoms with Gasteiger partial charge in [0.15, 0.2) is 0 Å². The molecule has 2 aromatic carbocycles. The summed E-state index contributed by atoms with van der Waals surface area (Å²) in [6.45, 7) is 1.21. The number of benzene rings is 2. The second kappa shape index (κ2) is 9.60. The van der Waals surface area contributed by atoms with Crippen LogP contribution in [0, 0.1) is 0 Å². The third-order valence-corrected chi connectivity index (χ3v) is 7.58. The van der Waals surface area contributed by atoms with Gasteiger partial charge < -0.3 is 10.1 Å². The Hall–Kier alpha value is -2.94. The second-order valence-corrected chi connectivity index (χ2v) is 9.84. The molecule has 0 saturated carbocycles. The predicted molar refractivity (Wildman–Crippen MR) is 131 cm³/mol. The van der Waals surface area contributed by atoms with E-state index in [0.29, 0.717) is 48.1 Å². The summed E-state index contributed by atoms with van der Waals surface area (Å²) < 4.78 is 5.56. The lowest BCUT2D eigenvalue weighted by atomic mass is 9.73. The van der Waals surface area contributed by atoms with E-state index in [1.54, 1.807) is 18.3 Å². The predicted octanol–water partition coefficient (Wildman–Crippen LogP) is 3.75. The molecule has 2 fully saturated rings. The minimum Gasteiger partial charge on any atom is -0.381 e. The normalized spacial score (nSPS) is 20.0. The first-order valence-electron chi connectivity index (χ1n) is 11.5. The second-order valence-electron chi connectivity index (χ2n) is 9.03. The topological polar surface area (TPSA) is 113 Å². The van der Waals surface area contributed by atoms with E-state index in [9.17, 15) is 14.4 Å². The van der Waals surface area contributed by atoms with Crippen molar-refractivity contribution in [1.29, 1.82) is 0 Å². The highest BCUT2D eigenvalue weighted by atomic mass is 35.5. The zero-order chi connectivity index (χ0) is 24.6. The Labute approximate surface area is 211 Å². The summed E-state index contributed by atoms with van der Waals surface area (Å²) in [5.41, 5.74) is 2.29. The molecule has 1 atom stereocenters. The molecular weight excluding hydrogens is 491 g/mol. The van der Waals surface area contributed by atoms with Gasteiger partial charge in [0.1, 0.15) is 0 Å². The highest BCUT2D eigenvalue weighted by Gasteiger charge is 2.42. The fraction of sp³-hybridized carbons (Fsp3) is 0.360. The van der Waals surface area contributed by atoms with Crippen molar-refractivity contribution in [2.75, 3.05) is 13.2 Å². The summed E-state index contributed by atoms with van der Waals surface area (Å²) in [5, 5.41) is 14.1. The molecule has 35 heavy (non-hydrogen) atoms. The maximum atomic E-state index is 13.6. The average Bonchev–Trinajstić information content (AvgIpc) is 3.32. The minimum absolute atomic E-state index is 0.0962. The molecule has 5 rings (SSSR count). The SMILES string of the molecule is O=C1CCC(c2c(Cl)cc(CNC(=O)C3(c4ccc5cn[nH]c5c4)CCOCC3)cc2Cl)C(=O)N1. The number of hydrogen-bond donors (Lipinski definition) is 3. The van der Waals surface area contributed by atoms with E-state index in [1.807, 2.05) is 18.2 Å². The van der Waals surface area contributed by atoms with Gasteiger partial charge in [-0.1, -0.05) is 35.3 Å². The molecule has 182 valence electrons. The van der Waals surface area contributed by atoms with Crippen molar-refractivity contribution in [3.63, 3.8) is 0 Å². The van der Waals surface area contributed by atoms with Crippen molar-refractivity contribution in [3.8, 4) is 0 Å². The van der Waals surface area contributed by atoms with E-state index in [-0.39, 0.29) is 24.8 Å². The number of halogens is 2. The number of carbonyl (C=O) groups excluding carboxylic acids is 3. The Morgan fingerprint density at radius 2 is 1.89 bits per heavy atom. The first-order valence-corrected chi connectivity index (χ1v) is 12.2. The fourth-order valence-electron chi connectivity index (χ4n) is 4.99. The molecule has 2 aliphatic rings. The number of ether oxygens (including phenoxy) is 1. The molecule has 8 nitrogen and oxygen atoms in total. The minimum atomic E-state index is -0.724. The number of rotatable bonds is 5. The summed E-state index contributed by atoms with van der Waals surface area (Å²) in [6, 6.07) is 9.34. The molecule has 0 radical (unpaired) electrons. The fourth-order valence-corrected chi connectivity index (χ4v) is 5.79. The number of nitrogens with zero attached hydrogens (tertiary/aromatic N) is 1. The summed E-state index contributed by atoms with van der Waals surface area (Å²) in [7, 11) is 0. The lowest BCUT2D eigenvalue weighted by Crippen LogP contribution is -2.47. The van der Waals surface area contributed by atoms with Crippen molar-refractivity contribution >= 4 is 51.8 Å². The quantitative estimate of drug-likeness (QED) is 0.448. The van der Waals surface area contributed by atoms with Crippen LogP contribution in [0.25, 0.3) is 10.9 Å². The van der Waals surface area contributed by atoms with E-state index in [2.05, 4.69) is 20.8 Å². The van der Waals surface area contributed by atoms with Gasteiger partial charge in [0.05, 0.1) is 23.0 Å².